The molecule has 2 aromatic rings. The number of imide groups is 1. The monoisotopic (exact) mass is 420 g/mol. The lowest BCUT2D eigenvalue weighted by molar-refractivity contribution is -0.131. The van der Waals surface area contributed by atoms with E-state index in [4.69, 9.17) is 9.47 Å². The number of ether oxygens (including phenoxy) is 3. The van der Waals surface area contributed by atoms with E-state index >= 15 is 0 Å². The van der Waals surface area contributed by atoms with E-state index in [2.05, 4.69) is 10.1 Å². The molecule has 0 aromatic heterocycles. The Balaban J connectivity index is 1.61. The van der Waals surface area contributed by atoms with Gasteiger partial charge in [0.1, 0.15) is 29.4 Å². The van der Waals surface area contributed by atoms with Crippen molar-refractivity contribution in [2.45, 2.75) is 26.0 Å². The summed E-state index contributed by atoms with van der Waals surface area (Å²) >= 11 is 0. The highest BCUT2D eigenvalue weighted by Gasteiger charge is 2.48. The lowest BCUT2D eigenvalue weighted by Gasteiger charge is -2.22. The molecule has 1 atom stereocenters. The van der Waals surface area contributed by atoms with Crippen LogP contribution in [0.15, 0.2) is 48.5 Å². The molecule has 0 unspecified atom stereocenters. The largest absolute Gasteiger partial charge is 0.494 e. The molecule has 0 saturated carbocycles. The van der Waals surface area contributed by atoms with E-state index in [0.717, 1.165) is 10.6 Å². The number of benzene rings is 2. The molecule has 1 fully saturated rings. The average molecular weight is 420 g/mol. The second kappa shape index (κ2) is 8.98. The summed E-state index contributed by atoms with van der Waals surface area (Å²) in [7, 11) is 0. The Hall–Kier alpha value is -3.36. The minimum Gasteiger partial charge on any atom is -0.494 e. The molecule has 1 aliphatic rings. The first kappa shape index (κ1) is 21.4. The molecule has 7 nitrogen and oxygen atoms in total. The SMILES string of the molecule is CCOc1ccc(OCCN2C(=O)N[C@@](C)(c3ccc(OC(F)F)cc3)C2=O)cc1. The molecule has 2 aromatic carbocycles. The average Bonchev–Trinajstić information content (AvgIpc) is 2.93. The number of nitrogens with one attached hydrogen (secondary N) is 1. The highest BCUT2D eigenvalue weighted by molar-refractivity contribution is 6.07. The highest BCUT2D eigenvalue weighted by Crippen LogP contribution is 2.30. The topological polar surface area (TPSA) is 77.1 Å². The van der Waals surface area contributed by atoms with Crippen LogP contribution >= 0.6 is 0 Å². The number of hydrogen-bond acceptors (Lipinski definition) is 5. The number of halogens is 2. The van der Waals surface area contributed by atoms with E-state index in [1.165, 1.54) is 24.3 Å². The Morgan fingerprint density at radius 3 is 2.10 bits per heavy atom. The number of hydrogen-bond donors (Lipinski definition) is 1. The molecular weight excluding hydrogens is 398 g/mol. The van der Waals surface area contributed by atoms with Crippen molar-refractivity contribution in [2.75, 3.05) is 19.8 Å². The number of carbonyl (C=O) groups excluding carboxylic acids is 2. The fourth-order valence-electron chi connectivity index (χ4n) is 3.12. The van der Waals surface area contributed by atoms with Crippen LogP contribution in [0.4, 0.5) is 13.6 Å². The second-order valence-corrected chi connectivity index (χ2v) is 6.67. The van der Waals surface area contributed by atoms with Gasteiger partial charge >= 0.3 is 12.6 Å². The molecule has 3 rings (SSSR count). The van der Waals surface area contributed by atoms with E-state index in [1.54, 1.807) is 31.2 Å². The zero-order valence-corrected chi connectivity index (χ0v) is 16.6. The van der Waals surface area contributed by atoms with E-state index in [1.807, 2.05) is 6.92 Å². The molecule has 30 heavy (non-hydrogen) atoms. The number of amides is 3. The van der Waals surface area contributed by atoms with E-state index < -0.39 is 24.1 Å². The van der Waals surface area contributed by atoms with Gasteiger partial charge in [0.2, 0.25) is 0 Å². The fraction of sp³-hybridized carbons (Fsp3) is 0.333. The van der Waals surface area contributed by atoms with Crippen molar-refractivity contribution in [1.29, 1.82) is 0 Å². The van der Waals surface area contributed by atoms with Crippen molar-refractivity contribution in [1.82, 2.24) is 10.2 Å². The van der Waals surface area contributed by atoms with E-state index in [0.29, 0.717) is 17.9 Å². The number of alkyl halides is 2. The standard InChI is InChI=1S/C21H22F2N2O5/c1-3-28-15-8-10-16(11-9-15)29-13-12-25-18(26)21(2,24-20(25)27)14-4-6-17(7-5-14)30-19(22)23/h4-11,19H,3,12-13H2,1-2H3,(H,24,27)/t21-/m0/s1. The molecule has 3 amide bonds. The molecule has 0 bridgehead atoms. The fourth-order valence-corrected chi connectivity index (χ4v) is 3.12. The third kappa shape index (κ3) is 4.61. The lowest BCUT2D eigenvalue weighted by atomic mass is 9.92. The van der Waals surface area contributed by atoms with Gasteiger partial charge in [-0.3, -0.25) is 9.69 Å². The van der Waals surface area contributed by atoms with Crippen LogP contribution in [0.3, 0.4) is 0 Å². The summed E-state index contributed by atoms with van der Waals surface area (Å²) in [5.74, 6) is 0.822. The van der Waals surface area contributed by atoms with Crippen LogP contribution in [0.25, 0.3) is 0 Å². The first-order valence-electron chi connectivity index (χ1n) is 9.38. The second-order valence-electron chi connectivity index (χ2n) is 6.67. The molecule has 9 heteroatoms. The first-order valence-corrected chi connectivity index (χ1v) is 9.38. The van der Waals surface area contributed by atoms with Gasteiger partial charge in [-0.2, -0.15) is 8.78 Å². The predicted octanol–water partition coefficient (Wildman–Crippen LogP) is 3.53. The van der Waals surface area contributed by atoms with Crippen LogP contribution in [0.2, 0.25) is 0 Å². The predicted molar refractivity (Wildman–Crippen MR) is 104 cm³/mol. The molecule has 0 spiro atoms. The van der Waals surface area contributed by atoms with Gasteiger partial charge in [-0.15, -0.1) is 0 Å². The molecule has 0 radical (unpaired) electrons. The maximum atomic E-state index is 12.9. The Morgan fingerprint density at radius 2 is 1.53 bits per heavy atom. The Bertz CT molecular complexity index is 889. The zero-order valence-electron chi connectivity index (χ0n) is 16.6. The summed E-state index contributed by atoms with van der Waals surface area (Å²) in [6.07, 6.45) is 0. The normalized spacial score (nSPS) is 18.5. The van der Waals surface area contributed by atoms with Crippen molar-refractivity contribution in [3.05, 3.63) is 54.1 Å². The van der Waals surface area contributed by atoms with E-state index in [9.17, 15) is 18.4 Å². The number of urea groups is 1. The Labute approximate surface area is 172 Å². The van der Waals surface area contributed by atoms with Crippen molar-refractivity contribution in [3.8, 4) is 17.2 Å². The van der Waals surface area contributed by atoms with Crippen LogP contribution < -0.4 is 19.5 Å². The van der Waals surface area contributed by atoms with Gasteiger partial charge in [-0.05, 0) is 55.8 Å². The minimum absolute atomic E-state index is 0.0327. The third-order valence-electron chi connectivity index (χ3n) is 4.65. The summed E-state index contributed by atoms with van der Waals surface area (Å²) in [5, 5.41) is 2.65. The van der Waals surface area contributed by atoms with Crippen LogP contribution in [-0.2, 0) is 10.3 Å². The van der Waals surface area contributed by atoms with Crippen LogP contribution in [-0.4, -0.2) is 43.2 Å². The van der Waals surface area contributed by atoms with Crippen LogP contribution in [0.1, 0.15) is 19.4 Å². The van der Waals surface area contributed by atoms with Gasteiger partial charge in [-0.1, -0.05) is 12.1 Å². The molecule has 1 heterocycles. The Morgan fingerprint density at radius 1 is 0.967 bits per heavy atom. The minimum atomic E-state index is -2.94. The number of rotatable bonds is 9. The van der Waals surface area contributed by atoms with Gasteiger partial charge in [-0.25, -0.2) is 4.79 Å². The summed E-state index contributed by atoms with van der Waals surface area (Å²) in [4.78, 5) is 26.3. The maximum absolute atomic E-state index is 12.9. The highest BCUT2D eigenvalue weighted by atomic mass is 19.3. The summed E-state index contributed by atoms with van der Waals surface area (Å²) in [6, 6.07) is 12.1. The molecule has 0 aliphatic carbocycles. The van der Waals surface area contributed by atoms with E-state index in [-0.39, 0.29) is 18.9 Å². The molecule has 1 saturated heterocycles. The van der Waals surface area contributed by atoms with Gasteiger partial charge < -0.3 is 19.5 Å². The zero-order chi connectivity index (χ0) is 21.7. The summed E-state index contributed by atoms with van der Waals surface area (Å²) in [6.45, 7) is 1.24. The Kier molecular flexibility index (Phi) is 6.39. The first-order chi connectivity index (χ1) is 14.3. The van der Waals surface area contributed by atoms with Gasteiger partial charge in [0.25, 0.3) is 5.91 Å². The van der Waals surface area contributed by atoms with Crippen molar-refractivity contribution in [2.24, 2.45) is 0 Å². The van der Waals surface area contributed by atoms with Crippen molar-refractivity contribution >= 4 is 11.9 Å². The molecule has 1 N–H and O–H groups in total. The summed E-state index contributed by atoms with van der Waals surface area (Å²) < 4.78 is 39.9. The van der Waals surface area contributed by atoms with Crippen LogP contribution in [0, 0.1) is 0 Å². The quantitative estimate of drug-likeness (QED) is 0.628. The molecule has 1 aliphatic heterocycles. The molecular formula is C21H22F2N2O5. The van der Waals surface area contributed by atoms with Gasteiger partial charge in [0.05, 0.1) is 13.2 Å². The van der Waals surface area contributed by atoms with Crippen molar-refractivity contribution in [3.63, 3.8) is 0 Å². The molecule has 160 valence electrons. The lowest BCUT2D eigenvalue weighted by Crippen LogP contribution is -2.41. The number of carbonyl (C=O) groups is 2. The van der Waals surface area contributed by atoms with Gasteiger partial charge in [0, 0.05) is 0 Å². The third-order valence-corrected chi connectivity index (χ3v) is 4.65. The summed E-state index contributed by atoms with van der Waals surface area (Å²) in [5.41, 5.74) is -0.850. The number of nitrogens with zero attached hydrogens (tertiary/aromatic N) is 1. The maximum Gasteiger partial charge on any atom is 0.387 e. The van der Waals surface area contributed by atoms with Gasteiger partial charge in [0.15, 0.2) is 0 Å². The van der Waals surface area contributed by atoms with Crippen LogP contribution in [0.5, 0.6) is 17.2 Å². The smallest absolute Gasteiger partial charge is 0.387 e. The van der Waals surface area contributed by atoms with Crippen molar-refractivity contribution < 1.29 is 32.6 Å².